The zero-order chi connectivity index (χ0) is 13.3. The zero-order valence-corrected chi connectivity index (χ0v) is 12.4. The first-order valence-corrected chi connectivity index (χ1v) is 7.60. The van der Waals surface area contributed by atoms with Crippen molar-refractivity contribution in [3.63, 3.8) is 0 Å². The zero-order valence-electron chi connectivity index (χ0n) is 9.47. The van der Waals surface area contributed by atoms with Crippen LogP contribution in [0.2, 0.25) is 0 Å². The van der Waals surface area contributed by atoms with Crippen LogP contribution in [-0.4, -0.2) is 24.2 Å². The monoisotopic (exact) mass is 368 g/mol. The van der Waals surface area contributed by atoms with E-state index in [1.165, 1.54) is 13.8 Å². The number of halogens is 1. The Hall–Kier alpha value is -0.630. The summed E-state index contributed by atoms with van der Waals surface area (Å²) in [6, 6.07) is 6.97. The topological polar surface area (TPSA) is 71.4 Å². The number of carboxylic acids is 1. The minimum atomic E-state index is -3.73. The molecular weight excluding hydrogens is 355 g/mol. The fourth-order valence-corrected chi connectivity index (χ4v) is 2.73. The van der Waals surface area contributed by atoms with Crippen LogP contribution in [-0.2, 0) is 20.4 Å². The van der Waals surface area contributed by atoms with Crippen molar-refractivity contribution in [2.75, 3.05) is 0 Å². The lowest BCUT2D eigenvalue weighted by Crippen LogP contribution is -2.41. The lowest BCUT2D eigenvalue weighted by Gasteiger charge is -2.19. The summed E-state index contributed by atoms with van der Waals surface area (Å²) in [5.74, 6) is -1.59. The molecule has 0 saturated heterocycles. The molecule has 0 atom stereocenters. The summed E-state index contributed by atoms with van der Waals surface area (Å²) in [7, 11) is -3.73. The first kappa shape index (κ1) is 14.4. The van der Waals surface area contributed by atoms with Crippen molar-refractivity contribution < 1.29 is 18.3 Å². The molecule has 6 heteroatoms. The molecule has 0 spiro atoms. The van der Waals surface area contributed by atoms with Crippen molar-refractivity contribution in [3.8, 4) is 0 Å². The molecule has 1 aromatic rings. The Labute approximate surface area is 114 Å². The van der Waals surface area contributed by atoms with Gasteiger partial charge in [0.1, 0.15) is 0 Å². The molecule has 0 heterocycles. The van der Waals surface area contributed by atoms with E-state index in [2.05, 4.69) is 22.6 Å². The van der Waals surface area contributed by atoms with Crippen LogP contribution in [0, 0.1) is 3.57 Å². The second kappa shape index (κ2) is 4.93. The van der Waals surface area contributed by atoms with Crippen molar-refractivity contribution in [3.05, 3.63) is 33.4 Å². The molecule has 0 fully saturated rings. The minimum Gasteiger partial charge on any atom is -0.480 e. The Morgan fingerprint density at radius 2 is 1.76 bits per heavy atom. The molecule has 4 nitrogen and oxygen atoms in total. The largest absolute Gasteiger partial charge is 0.480 e. The number of aliphatic carboxylic acids is 1. The summed E-state index contributed by atoms with van der Waals surface area (Å²) in [6.07, 6.45) is 0. The molecule has 1 N–H and O–H groups in total. The summed E-state index contributed by atoms with van der Waals surface area (Å²) in [5, 5.41) is 8.92. The molecular formula is C11H13IO4S. The van der Waals surface area contributed by atoms with Crippen LogP contribution in [0.15, 0.2) is 24.3 Å². The standard InChI is InChI=1S/C11H13IO4S/c1-11(2,10(13)14)17(15,16)7-8-3-5-9(12)6-4-8/h3-6H,7H2,1-2H3,(H,13,14). The van der Waals surface area contributed by atoms with E-state index in [0.29, 0.717) is 5.56 Å². The van der Waals surface area contributed by atoms with Crippen LogP contribution in [0.3, 0.4) is 0 Å². The average Bonchev–Trinajstić information content (AvgIpc) is 2.20. The summed E-state index contributed by atoms with van der Waals surface area (Å²) in [4.78, 5) is 10.9. The molecule has 94 valence electrons. The number of rotatable bonds is 4. The van der Waals surface area contributed by atoms with Crippen molar-refractivity contribution in [2.45, 2.75) is 24.3 Å². The lowest BCUT2D eigenvalue weighted by molar-refractivity contribution is -0.139. The molecule has 0 bridgehead atoms. The van der Waals surface area contributed by atoms with Gasteiger partial charge in [-0.25, -0.2) is 8.42 Å². The second-order valence-corrected chi connectivity index (χ2v) is 7.99. The van der Waals surface area contributed by atoms with Gasteiger partial charge in [-0.2, -0.15) is 0 Å². The average molecular weight is 368 g/mol. The Balaban J connectivity index is 3.02. The van der Waals surface area contributed by atoms with Crippen LogP contribution in [0.25, 0.3) is 0 Å². The van der Waals surface area contributed by atoms with E-state index >= 15 is 0 Å². The molecule has 0 aliphatic heterocycles. The highest BCUT2D eigenvalue weighted by Gasteiger charge is 2.41. The van der Waals surface area contributed by atoms with Crippen molar-refractivity contribution in [1.82, 2.24) is 0 Å². The van der Waals surface area contributed by atoms with Gasteiger partial charge in [0, 0.05) is 3.57 Å². The summed E-state index contributed by atoms with van der Waals surface area (Å²) >= 11 is 2.12. The van der Waals surface area contributed by atoms with E-state index in [9.17, 15) is 13.2 Å². The lowest BCUT2D eigenvalue weighted by atomic mass is 10.2. The maximum absolute atomic E-state index is 12.0. The van der Waals surface area contributed by atoms with Gasteiger partial charge in [-0.1, -0.05) is 12.1 Å². The van der Waals surface area contributed by atoms with Crippen LogP contribution in [0.4, 0.5) is 0 Å². The third-order valence-electron chi connectivity index (χ3n) is 2.56. The molecule has 0 saturated carbocycles. The van der Waals surface area contributed by atoms with E-state index in [1.54, 1.807) is 24.3 Å². The van der Waals surface area contributed by atoms with Crippen LogP contribution in [0.5, 0.6) is 0 Å². The fourth-order valence-electron chi connectivity index (χ4n) is 1.11. The summed E-state index contributed by atoms with van der Waals surface area (Å²) < 4.78 is 23.2. The normalized spacial score (nSPS) is 12.4. The first-order valence-electron chi connectivity index (χ1n) is 4.87. The molecule has 0 amide bonds. The van der Waals surface area contributed by atoms with E-state index < -0.39 is 20.6 Å². The van der Waals surface area contributed by atoms with Crippen LogP contribution in [0.1, 0.15) is 19.4 Å². The third kappa shape index (κ3) is 3.19. The van der Waals surface area contributed by atoms with Crippen molar-refractivity contribution >= 4 is 38.4 Å². The third-order valence-corrected chi connectivity index (χ3v) is 5.72. The van der Waals surface area contributed by atoms with Gasteiger partial charge in [0.05, 0.1) is 5.75 Å². The molecule has 0 aliphatic carbocycles. The molecule has 0 radical (unpaired) electrons. The summed E-state index contributed by atoms with van der Waals surface area (Å²) in [6.45, 7) is 2.41. The molecule has 1 rings (SSSR count). The molecule has 0 aliphatic rings. The molecule has 0 aromatic heterocycles. The molecule has 0 unspecified atom stereocenters. The van der Waals surface area contributed by atoms with E-state index in [1.807, 2.05) is 0 Å². The fraction of sp³-hybridized carbons (Fsp3) is 0.364. The number of carbonyl (C=O) groups is 1. The highest BCUT2D eigenvalue weighted by molar-refractivity contribution is 14.1. The van der Waals surface area contributed by atoms with Crippen molar-refractivity contribution in [2.24, 2.45) is 0 Å². The first-order chi connectivity index (χ1) is 7.67. The van der Waals surface area contributed by atoms with Crippen molar-refractivity contribution in [1.29, 1.82) is 0 Å². The van der Waals surface area contributed by atoms with Crippen LogP contribution >= 0.6 is 22.6 Å². The van der Waals surface area contributed by atoms with Gasteiger partial charge < -0.3 is 5.11 Å². The van der Waals surface area contributed by atoms with E-state index in [4.69, 9.17) is 5.11 Å². The van der Waals surface area contributed by atoms with Gasteiger partial charge in [0.15, 0.2) is 14.6 Å². The van der Waals surface area contributed by atoms with Gasteiger partial charge in [0.25, 0.3) is 0 Å². The number of carboxylic acid groups (broad SMARTS) is 1. The number of sulfone groups is 1. The van der Waals surface area contributed by atoms with Gasteiger partial charge in [-0.05, 0) is 54.1 Å². The maximum Gasteiger partial charge on any atom is 0.324 e. The van der Waals surface area contributed by atoms with Gasteiger partial charge >= 0.3 is 5.97 Å². The highest BCUT2D eigenvalue weighted by atomic mass is 127. The Bertz CT molecular complexity index is 517. The van der Waals surface area contributed by atoms with Gasteiger partial charge in [-0.3, -0.25) is 4.79 Å². The van der Waals surface area contributed by atoms with Crippen LogP contribution < -0.4 is 0 Å². The smallest absolute Gasteiger partial charge is 0.324 e. The number of hydrogen-bond donors (Lipinski definition) is 1. The van der Waals surface area contributed by atoms with E-state index in [-0.39, 0.29) is 5.75 Å². The quantitative estimate of drug-likeness (QED) is 0.826. The Morgan fingerprint density at radius 1 is 1.29 bits per heavy atom. The Kier molecular flexibility index (Phi) is 4.19. The predicted molar refractivity (Wildman–Crippen MR) is 73.5 cm³/mol. The summed E-state index contributed by atoms with van der Waals surface area (Å²) in [5.41, 5.74) is 0.597. The second-order valence-electron chi connectivity index (χ2n) is 4.20. The predicted octanol–water partition coefficient (Wildman–Crippen LogP) is 2.07. The molecule has 1 aromatic carbocycles. The molecule has 17 heavy (non-hydrogen) atoms. The van der Waals surface area contributed by atoms with Gasteiger partial charge in [0.2, 0.25) is 0 Å². The van der Waals surface area contributed by atoms with E-state index in [0.717, 1.165) is 3.57 Å². The SMILES string of the molecule is CC(C)(C(=O)O)S(=O)(=O)Cc1ccc(I)cc1. The number of benzene rings is 1. The minimum absolute atomic E-state index is 0.261. The Morgan fingerprint density at radius 3 is 2.18 bits per heavy atom. The maximum atomic E-state index is 12.0. The number of hydrogen-bond acceptors (Lipinski definition) is 3. The van der Waals surface area contributed by atoms with Gasteiger partial charge in [-0.15, -0.1) is 0 Å². The highest BCUT2D eigenvalue weighted by Crippen LogP contribution is 2.22.